The fourth-order valence-electron chi connectivity index (χ4n) is 8.12. The molecule has 1 aromatic rings. The van der Waals surface area contributed by atoms with Crippen molar-refractivity contribution in [3.8, 4) is 0 Å². The van der Waals surface area contributed by atoms with Crippen LogP contribution in [0, 0.1) is 34.0 Å². The normalized spacial score (nSPS) is 24.5. The molecule has 1 saturated heterocycles. The molecule has 5 amide bonds. The smallest absolute Gasteiger partial charge is 0.329 e. The van der Waals surface area contributed by atoms with Crippen molar-refractivity contribution < 1.29 is 33.5 Å². The molecule has 50 heavy (non-hydrogen) atoms. The van der Waals surface area contributed by atoms with Gasteiger partial charge in [0, 0.05) is 19.4 Å². The molecule has 274 valence electrons. The zero-order chi connectivity index (χ0) is 36.9. The van der Waals surface area contributed by atoms with Crippen molar-refractivity contribution in [3.05, 3.63) is 35.4 Å². The topological polar surface area (TPSA) is 177 Å². The lowest BCUT2D eigenvalue weighted by Gasteiger charge is -2.38. The summed E-state index contributed by atoms with van der Waals surface area (Å²) >= 11 is 0. The van der Waals surface area contributed by atoms with Gasteiger partial charge in [0.2, 0.25) is 17.6 Å². The number of hydrogen-bond donors (Lipinski definition) is 4. The lowest BCUT2D eigenvalue weighted by molar-refractivity contribution is -0.153. The van der Waals surface area contributed by atoms with Gasteiger partial charge in [-0.25, -0.2) is 9.59 Å². The van der Waals surface area contributed by atoms with Crippen molar-refractivity contribution in [2.45, 2.75) is 124 Å². The van der Waals surface area contributed by atoms with Crippen molar-refractivity contribution in [2.24, 2.45) is 39.7 Å². The van der Waals surface area contributed by atoms with Gasteiger partial charge >= 0.3 is 12.0 Å². The quantitative estimate of drug-likeness (QED) is 0.203. The first-order valence-electron chi connectivity index (χ1n) is 18.0. The summed E-state index contributed by atoms with van der Waals surface area (Å²) in [5.41, 5.74) is 5.93. The summed E-state index contributed by atoms with van der Waals surface area (Å²) in [4.78, 5) is 81.7. The highest BCUT2D eigenvalue weighted by Gasteiger charge is 2.70. The molecule has 0 aromatic heterocycles. The lowest BCUT2D eigenvalue weighted by Crippen LogP contribution is -2.63. The first kappa shape index (κ1) is 37.3. The number of nitrogens with one attached hydrogen (secondary N) is 3. The molecule has 0 bridgehead atoms. The zero-order valence-electron chi connectivity index (χ0n) is 30.8. The van der Waals surface area contributed by atoms with E-state index in [-0.39, 0.29) is 29.3 Å². The second kappa shape index (κ2) is 13.6. The summed E-state index contributed by atoms with van der Waals surface area (Å²) in [6.07, 6.45) is 4.05. The van der Waals surface area contributed by atoms with Crippen LogP contribution in [0.25, 0.3) is 0 Å². The summed E-state index contributed by atoms with van der Waals surface area (Å²) in [5.74, 6) is -3.33. The molecular weight excluding hydrogens is 638 g/mol. The van der Waals surface area contributed by atoms with Crippen LogP contribution < -0.4 is 21.7 Å². The van der Waals surface area contributed by atoms with Gasteiger partial charge in [-0.05, 0) is 51.5 Å². The highest BCUT2D eigenvalue weighted by molar-refractivity contribution is 6.37. The standard InChI is InChI=1S/C38H55N5O7/c1-36(2,3)29(41-35(49)42-30(37(4,5)6)34(48)50-23-17-21-14-9-10-15-22(21)18-23)33(47)43-19-24-26(38(24,7)8)27(43)32(46)40-25(28(44)31(39)45)16-20-12-11-13-20/h9-10,14-15,20,23-27,29-30H,11-13,16-19H2,1-8H3,(H2,39,45)(H,40,46)(H2,41,42,49)/t24-,25?,26-,27-,29-,30-/m0/s1. The second-order valence-corrected chi connectivity index (χ2v) is 17.7. The highest BCUT2D eigenvalue weighted by Crippen LogP contribution is 2.65. The van der Waals surface area contributed by atoms with Crippen LogP contribution in [0.2, 0.25) is 0 Å². The Bertz CT molecular complexity index is 1510. The molecular formula is C38H55N5O7. The number of nitrogens with two attached hydrogens (primary N) is 1. The molecule has 1 aliphatic heterocycles. The minimum Gasteiger partial charge on any atom is -0.460 e. The maximum absolute atomic E-state index is 14.4. The molecule has 12 nitrogen and oxygen atoms in total. The maximum Gasteiger partial charge on any atom is 0.329 e. The van der Waals surface area contributed by atoms with Gasteiger partial charge in [0.25, 0.3) is 5.91 Å². The Kier molecular flexibility index (Phi) is 10.2. The van der Waals surface area contributed by atoms with Crippen molar-refractivity contribution in [1.82, 2.24) is 20.9 Å². The van der Waals surface area contributed by atoms with Crippen molar-refractivity contribution in [1.29, 1.82) is 0 Å². The average Bonchev–Trinajstić information content (AvgIpc) is 3.34. The Morgan fingerprint density at radius 3 is 1.96 bits per heavy atom. The molecule has 6 atom stereocenters. The molecule has 2 saturated carbocycles. The summed E-state index contributed by atoms with van der Waals surface area (Å²) in [7, 11) is 0. The average molecular weight is 694 g/mol. The van der Waals surface area contributed by atoms with Gasteiger partial charge in [-0.3, -0.25) is 19.2 Å². The van der Waals surface area contributed by atoms with Crippen LogP contribution in [0.3, 0.4) is 0 Å². The first-order valence-corrected chi connectivity index (χ1v) is 18.0. The van der Waals surface area contributed by atoms with E-state index in [1.165, 1.54) is 4.90 Å². The Morgan fingerprint density at radius 2 is 1.46 bits per heavy atom. The zero-order valence-corrected chi connectivity index (χ0v) is 30.8. The number of likely N-dealkylation sites (tertiary alicyclic amines) is 1. The second-order valence-electron chi connectivity index (χ2n) is 17.7. The van der Waals surface area contributed by atoms with E-state index in [1.807, 2.05) is 79.7 Å². The van der Waals surface area contributed by atoms with Gasteiger partial charge in [0.05, 0.1) is 6.04 Å². The molecule has 5 rings (SSSR count). The Morgan fingerprint density at radius 1 is 0.900 bits per heavy atom. The number of Topliss-reactive ketones (excluding diaryl/α,β-unsaturated/α-hetero) is 1. The Balaban J connectivity index is 1.30. The summed E-state index contributed by atoms with van der Waals surface area (Å²) < 4.78 is 5.90. The van der Waals surface area contributed by atoms with Crippen molar-refractivity contribution in [3.63, 3.8) is 0 Å². The van der Waals surface area contributed by atoms with E-state index < -0.39 is 70.5 Å². The Labute approximate surface area is 295 Å². The summed E-state index contributed by atoms with van der Waals surface area (Å²) in [6, 6.07) is 3.24. The van der Waals surface area contributed by atoms with Crippen LogP contribution >= 0.6 is 0 Å². The number of carbonyl (C=O) groups excluding carboxylic acids is 6. The van der Waals surface area contributed by atoms with E-state index >= 15 is 0 Å². The number of amides is 5. The van der Waals surface area contributed by atoms with E-state index in [4.69, 9.17) is 10.5 Å². The monoisotopic (exact) mass is 693 g/mol. The predicted molar refractivity (Wildman–Crippen MR) is 186 cm³/mol. The molecule has 3 fully saturated rings. The number of carbonyl (C=O) groups is 6. The lowest BCUT2D eigenvalue weighted by atomic mass is 9.80. The first-order chi connectivity index (χ1) is 23.2. The number of ether oxygens (including phenoxy) is 1. The third-order valence-electron chi connectivity index (χ3n) is 11.5. The van der Waals surface area contributed by atoms with Crippen LogP contribution in [-0.4, -0.2) is 77.2 Å². The minimum absolute atomic E-state index is 0.0512. The molecule has 5 N–H and O–H groups in total. The van der Waals surface area contributed by atoms with Crippen molar-refractivity contribution >= 4 is 35.5 Å². The number of urea groups is 1. The molecule has 3 aliphatic carbocycles. The van der Waals surface area contributed by atoms with E-state index in [2.05, 4.69) is 16.0 Å². The minimum atomic E-state index is -1.10. The van der Waals surface area contributed by atoms with Gasteiger partial charge in [0.1, 0.15) is 24.2 Å². The molecule has 4 aliphatic rings. The van der Waals surface area contributed by atoms with E-state index in [9.17, 15) is 28.8 Å². The third-order valence-corrected chi connectivity index (χ3v) is 11.5. The van der Waals surface area contributed by atoms with E-state index in [1.54, 1.807) is 0 Å². The Hall–Kier alpha value is -3.96. The fraction of sp³-hybridized carbons (Fsp3) is 0.684. The molecule has 1 heterocycles. The number of hydrogen-bond acceptors (Lipinski definition) is 7. The number of nitrogens with zero attached hydrogens (tertiary/aromatic N) is 1. The van der Waals surface area contributed by atoms with Crippen molar-refractivity contribution in [2.75, 3.05) is 6.54 Å². The fourth-order valence-corrected chi connectivity index (χ4v) is 8.12. The van der Waals surface area contributed by atoms with Gasteiger partial charge in [-0.2, -0.15) is 0 Å². The van der Waals surface area contributed by atoms with Crippen LogP contribution in [0.1, 0.15) is 92.2 Å². The SMILES string of the molecule is CC(C)(C)[C@@H](NC(=O)N[C@@H](C(=O)N1C[C@H]2[C@@H]([C@H]1C(=O)NC(CC1CCC1)C(=O)C(N)=O)C2(C)C)C(C)(C)C)C(=O)OC1Cc2ccccc2C1. The van der Waals surface area contributed by atoms with Crippen LogP contribution in [-0.2, 0) is 41.6 Å². The largest absolute Gasteiger partial charge is 0.460 e. The highest BCUT2D eigenvalue weighted by atomic mass is 16.5. The number of primary amides is 1. The van der Waals surface area contributed by atoms with Gasteiger partial charge in [-0.1, -0.05) is 98.9 Å². The number of esters is 1. The van der Waals surface area contributed by atoms with Gasteiger partial charge in [0.15, 0.2) is 0 Å². The van der Waals surface area contributed by atoms with E-state index in [0.717, 1.165) is 30.4 Å². The molecule has 1 aromatic carbocycles. The third kappa shape index (κ3) is 7.68. The number of rotatable bonds is 11. The summed E-state index contributed by atoms with van der Waals surface area (Å²) in [5, 5.41) is 8.41. The van der Waals surface area contributed by atoms with Crippen LogP contribution in [0.15, 0.2) is 24.3 Å². The van der Waals surface area contributed by atoms with E-state index in [0.29, 0.717) is 25.8 Å². The molecule has 1 unspecified atom stereocenters. The van der Waals surface area contributed by atoms with Crippen LogP contribution in [0.4, 0.5) is 4.79 Å². The van der Waals surface area contributed by atoms with Gasteiger partial charge in [-0.15, -0.1) is 0 Å². The molecule has 0 spiro atoms. The predicted octanol–water partition coefficient (Wildman–Crippen LogP) is 3.04. The van der Waals surface area contributed by atoms with Gasteiger partial charge < -0.3 is 31.3 Å². The number of ketones is 1. The summed E-state index contributed by atoms with van der Waals surface area (Å²) in [6.45, 7) is 15.4. The maximum atomic E-state index is 14.4. The van der Waals surface area contributed by atoms with Crippen LogP contribution in [0.5, 0.6) is 0 Å². The number of piperidine rings is 1. The number of fused-ring (bicyclic) bond motifs is 2. The molecule has 0 radical (unpaired) electrons. The number of benzene rings is 1. The molecule has 12 heteroatoms.